The molecule has 1 aromatic carbocycles. The van der Waals surface area contributed by atoms with Crippen molar-refractivity contribution in [3.63, 3.8) is 0 Å². The zero-order valence-corrected chi connectivity index (χ0v) is 11.3. The Morgan fingerprint density at radius 2 is 2.28 bits per heavy atom. The van der Waals surface area contributed by atoms with Gasteiger partial charge in [0.1, 0.15) is 11.9 Å². The maximum absolute atomic E-state index is 5.99. The number of anilines is 1. The van der Waals surface area contributed by atoms with Crippen LogP contribution >= 0.6 is 0 Å². The summed E-state index contributed by atoms with van der Waals surface area (Å²) in [5.74, 6) is 0.946. The Hall–Kier alpha value is -1.26. The predicted molar refractivity (Wildman–Crippen MR) is 73.3 cm³/mol. The number of methoxy groups -OCH3 is 1. The zero-order chi connectivity index (χ0) is 13.0. The van der Waals surface area contributed by atoms with Crippen LogP contribution in [0.2, 0.25) is 0 Å². The fraction of sp³-hybridized carbons (Fsp3) is 0.571. The van der Waals surface area contributed by atoms with E-state index >= 15 is 0 Å². The topological polar surface area (TPSA) is 33.7 Å². The van der Waals surface area contributed by atoms with Crippen molar-refractivity contribution in [3.8, 4) is 5.75 Å². The zero-order valence-electron chi connectivity index (χ0n) is 11.3. The molecule has 2 atom stereocenters. The van der Waals surface area contributed by atoms with E-state index in [1.807, 2.05) is 24.3 Å². The van der Waals surface area contributed by atoms with Crippen LogP contribution in [0.15, 0.2) is 24.3 Å². The molecule has 0 radical (unpaired) electrons. The molecule has 1 N–H and O–H groups in total. The number of hydrogen-bond donors (Lipinski definition) is 1. The second-order valence-corrected chi connectivity index (χ2v) is 4.86. The minimum atomic E-state index is 0.184. The van der Waals surface area contributed by atoms with E-state index in [9.17, 15) is 0 Å². The average Bonchev–Trinajstić information content (AvgIpc) is 2.39. The largest absolute Gasteiger partial charge is 0.485 e. The van der Waals surface area contributed by atoms with Crippen LogP contribution in [-0.2, 0) is 4.74 Å². The first-order valence-electron chi connectivity index (χ1n) is 6.39. The van der Waals surface area contributed by atoms with Crippen LogP contribution in [0.4, 0.5) is 5.69 Å². The Morgan fingerprint density at radius 1 is 1.50 bits per heavy atom. The van der Waals surface area contributed by atoms with Crippen LogP contribution in [0.1, 0.15) is 6.92 Å². The van der Waals surface area contributed by atoms with Gasteiger partial charge in [0.15, 0.2) is 0 Å². The molecule has 1 aliphatic rings. The lowest BCUT2D eigenvalue weighted by Gasteiger charge is -2.32. The van der Waals surface area contributed by atoms with E-state index in [2.05, 4.69) is 24.2 Å². The summed E-state index contributed by atoms with van der Waals surface area (Å²) in [6.45, 7) is 4.65. The maximum atomic E-state index is 5.99. The van der Waals surface area contributed by atoms with Crippen molar-refractivity contribution in [2.24, 2.45) is 0 Å². The van der Waals surface area contributed by atoms with Gasteiger partial charge in [0.2, 0.25) is 0 Å². The van der Waals surface area contributed by atoms with Crippen molar-refractivity contribution < 1.29 is 9.47 Å². The Labute approximate surface area is 109 Å². The molecule has 0 saturated heterocycles. The quantitative estimate of drug-likeness (QED) is 0.864. The number of hydrogen-bond acceptors (Lipinski definition) is 4. The van der Waals surface area contributed by atoms with Gasteiger partial charge in [-0.25, -0.2) is 0 Å². The van der Waals surface area contributed by atoms with Gasteiger partial charge in [-0.2, -0.15) is 0 Å². The number of para-hydroxylation sites is 2. The third-order valence-corrected chi connectivity index (χ3v) is 3.35. The van der Waals surface area contributed by atoms with Gasteiger partial charge >= 0.3 is 0 Å². The monoisotopic (exact) mass is 250 g/mol. The minimum absolute atomic E-state index is 0.184. The molecular formula is C14H22N2O2. The summed E-state index contributed by atoms with van der Waals surface area (Å²) in [6.07, 6.45) is 0.184. The molecule has 1 aliphatic heterocycles. The molecule has 0 bridgehead atoms. The first-order chi connectivity index (χ1) is 8.70. The molecular weight excluding hydrogens is 228 g/mol. The normalized spacial score (nSPS) is 19.9. The molecule has 2 rings (SSSR count). The van der Waals surface area contributed by atoms with Crippen LogP contribution in [0.25, 0.3) is 0 Å². The highest BCUT2D eigenvalue weighted by Gasteiger charge is 2.21. The lowest BCUT2D eigenvalue weighted by Crippen LogP contribution is -2.44. The van der Waals surface area contributed by atoms with Crippen molar-refractivity contribution >= 4 is 5.69 Å². The summed E-state index contributed by atoms with van der Waals surface area (Å²) in [4.78, 5) is 2.27. The van der Waals surface area contributed by atoms with Crippen molar-refractivity contribution in [3.05, 3.63) is 24.3 Å². The lowest BCUT2D eigenvalue weighted by molar-refractivity contribution is 0.0824. The van der Waals surface area contributed by atoms with Gasteiger partial charge in [-0.3, -0.25) is 4.90 Å². The first-order valence-corrected chi connectivity index (χ1v) is 6.39. The van der Waals surface area contributed by atoms with Crippen LogP contribution in [0.5, 0.6) is 5.75 Å². The van der Waals surface area contributed by atoms with Gasteiger partial charge < -0.3 is 14.8 Å². The number of nitrogens with one attached hydrogen (secondary N) is 1. The van der Waals surface area contributed by atoms with E-state index in [1.54, 1.807) is 7.11 Å². The predicted octanol–water partition coefficient (Wildman–Crippen LogP) is 1.83. The fourth-order valence-corrected chi connectivity index (χ4v) is 2.13. The van der Waals surface area contributed by atoms with E-state index in [1.165, 1.54) is 0 Å². The Morgan fingerprint density at radius 3 is 3.06 bits per heavy atom. The van der Waals surface area contributed by atoms with Gasteiger partial charge in [-0.05, 0) is 26.1 Å². The van der Waals surface area contributed by atoms with Crippen molar-refractivity contribution in [2.45, 2.75) is 19.1 Å². The van der Waals surface area contributed by atoms with Gasteiger partial charge in [0, 0.05) is 19.7 Å². The van der Waals surface area contributed by atoms with Crippen LogP contribution in [0.3, 0.4) is 0 Å². The number of fused-ring (bicyclic) bond motifs is 1. The molecule has 0 aliphatic carbocycles. The molecule has 0 spiro atoms. The summed E-state index contributed by atoms with van der Waals surface area (Å²) in [6, 6.07) is 8.47. The Bertz CT molecular complexity index is 384. The summed E-state index contributed by atoms with van der Waals surface area (Å²) < 4.78 is 11.2. The third-order valence-electron chi connectivity index (χ3n) is 3.35. The van der Waals surface area contributed by atoms with Gasteiger partial charge in [-0.15, -0.1) is 0 Å². The number of ether oxygens (including phenoxy) is 2. The molecule has 1 aromatic rings. The molecule has 0 fully saturated rings. The number of likely N-dealkylation sites (N-methyl/N-ethyl adjacent to an activating group) is 1. The maximum Gasteiger partial charge on any atom is 0.142 e. The lowest BCUT2D eigenvalue weighted by atomic mass is 10.2. The van der Waals surface area contributed by atoms with Crippen molar-refractivity contribution in [1.29, 1.82) is 0 Å². The highest BCUT2D eigenvalue weighted by atomic mass is 16.5. The molecule has 0 amide bonds. The van der Waals surface area contributed by atoms with Gasteiger partial charge in [-0.1, -0.05) is 12.1 Å². The molecule has 100 valence electrons. The standard InChI is InChI=1S/C14H22N2O2/c1-11(10-17-3)16(2)9-12-8-15-13-6-4-5-7-14(13)18-12/h4-7,11-12,15H,8-10H2,1-3H3. The molecule has 4 nitrogen and oxygen atoms in total. The summed E-state index contributed by atoms with van der Waals surface area (Å²) in [5.41, 5.74) is 1.08. The van der Waals surface area contributed by atoms with E-state index in [0.29, 0.717) is 6.04 Å². The van der Waals surface area contributed by atoms with Crippen LogP contribution in [0, 0.1) is 0 Å². The third kappa shape index (κ3) is 3.15. The van der Waals surface area contributed by atoms with Crippen LogP contribution in [-0.4, -0.2) is 50.9 Å². The highest BCUT2D eigenvalue weighted by molar-refractivity contribution is 5.57. The van der Waals surface area contributed by atoms with E-state index < -0.39 is 0 Å². The van der Waals surface area contributed by atoms with E-state index in [0.717, 1.165) is 31.1 Å². The first kappa shape index (κ1) is 13.2. The minimum Gasteiger partial charge on any atom is -0.485 e. The van der Waals surface area contributed by atoms with Crippen molar-refractivity contribution in [2.75, 3.05) is 39.2 Å². The molecule has 4 heteroatoms. The highest BCUT2D eigenvalue weighted by Crippen LogP contribution is 2.28. The SMILES string of the molecule is COCC(C)N(C)CC1CNc2ccccc2O1. The van der Waals surface area contributed by atoms with Gasteiger partial charge in [0.25, 0.3) is 0 Å². The van der Waals surface area contributed by atoms with Crippen LogP contribution < -0.4 is 10.1 Å². The summed E-state index contributed by atoms with van der Waals surface area (Å²) in [7, 11) is 3.84. The fourth-order valence-electron chi connectivity index (χ4n) is 2.13. The second-order valence-electron chi connectivity index (χ2n) is 4.86. The van der Waals surface area contributed by atoms with E-state index in [-0.39, 0.29) is 6.10 Å². The van der Waals surface area contributed by atoms with Gasteiger partial charge in [0.05, 0.1) is 18.8 Å². The number of nitrogens with zero attached hydrogens (tertiary/aromatic N) is 1. The molecule has 1 heterocycles. The smallest absolute Gasteiger partial charge is 0.142 e. The molecule has 0 saturated carbocycles. The average molecular weight is 250 g/mol. The number of rotatable bonds is 5. The molecule has 0 aromatic heterocycles. The second kappa shape index (κ2) is 6.07. The van der Waals surface area contributed by atoms with E-state index in [4.69, 9.17) is 9.47 Å². The van der Waals surface area contributed by atoms with Crippen molar-refractivity contribution in [1.82, 2.24) is 4.90 Å². The number of benzene rings is 1. The Kier molecular flexibility index (Phi) is 4.44. The summed E-state index contributed by atoms with van der Waals surface area (Å²) in [5, 5.41) is 3.41. The molecule has 2 unspecified atom stereocenters. The Balaban J connectivity index is 1.89. The summed E-state index contributed by atoms with van der Waals surface area (Å²) >= 11 is 0. The molecule has 18 heavy (non-hydrogen) atoms.